The highest BCUT2D eigenvalue weighted by atomic mass is 35.5. The molecule has 2 aromatic carbocycles. The normalized spacial score (nSPS) is 10.3. The first-order chi connectivity index (χ1) is 11.2. The highest BCUT2D eigenvalue weighted by Gasteiger charge is 2.08. The van der Waals surface area contributed by atoms with E-state index < -0.39 is 0 Å². The Kier molecular flexibility index (Phi) is 4.90. The number of hydrogen-bond donors (Lipinski definition) is 2. The van der Waals surface area contributed by atoms with E-state index in [0.29, 0.717) is 17.3 Å². The zero-order chi connectivity index (χ0) is 16.1. The van der Waals surface area contributed by atoms with E-state index in [-0.39, 0.29) is 6.03 Å². The molecule has 23 heavy (non-hydrogen) atoms. The number of carbonyl (C=O) groups excluding carboxylic acids is 1. The van der Waals surface area contributed by atoms with Gasteiger partial charge in [-0.3, -0.25) is 0 Å². The fraction of sp³-hybridized carbons (Fsp3) is 0.0588. The number of rotatable bonds is 4. The number of amides is 2. The molecule has 6 heteroatoms. The number of anilines is 1. The molecule has 4 nitrogen and oxygen atoms in total. The van der Waals surface area contributed by atoms with Crippen LogP contribution in [0.15, 0.2) is 60.1 Å². The lowest BCUT2D eigenvalue weighted by atomic mass is 10.1. The number of hydrogen-bond acceptors (Lipinski definition) is 3. The van der Waals surface area contributed by atoms with Gasteiger partial charge in [-0.05, 0) is 29.8 Å². The molecule has 116 valence electrons. The van der Waals surface area contributed by atoms with Gasteiger partial charge in [0.05, 0.1) is 0 Å². The Morgan fingerprint density at radius 1 is 1.13 bits per heavy atom. The molecule has 2 amide bonds. The molecule has 0 radical (unpaired) electrons. The largest absolute Gasteiger partial charge is 0.334 e. The first-order valence-corrected chi connectivity index (χ1v) is 8.26. The van der Waals surface area contributed by atoms with Gasteiger partial charge in [0.15, 0.2) is 0 Å². The van der Waals surface area contributed by atoms with Gasteiger partial charge in [0.25, 0.3) is 0 Å². The van der Waals surface area contributed by atoms with Gasteiger partial charge in [0.2, 0.25) is 0 Å². The smallest absolute Gasteiger partial charge is 0.319 e. The number of benzene rings is 2. The summed E-state index contributed by atoms with van der Waals surface area (Å²) in [5, 5.41) is 9.15. The summed E-state index contributed by atoms with van der Waals surface area (Å²) in [6.07, 6.45) is 1.78. The molecular weight excluding hydrogens is 330 g/mol. The van der Waals surface area contributed by atoms with Crippen molar-refractivity contribution in [3.63, 3.8) is 0 Å². The number of urea groups is 1. The van der Waals surface area contributed by atoms with Gasteiger partial charge in [0.1, 0.15) is 5.01 Å². The standard InChI is InChI=1S/C17H14ClN3OS/c18-13-5-7-14(8-6-13)21-17(22)20-11-12-3-1-2-4-15(12)16-19-9-10-23-16/h1-10H,11H2,(H2,20,21,22). The maximum absolute atomic E-state index is 12.0. The van der Waals surface area contributed by atoms with Crippen molar-refractivity contribution in [3.8, 4) is 10.6 Å². The summed E-state index contributed by atoms with van der Waals surface area (Å²) in [6, 6.07) is 14.6. The molecule has 0 aliphatic carbocycles. The number of thiazole rings is 1. The number of nitrogens with one attached hydrogen (secondary N) is 2. The summed E-state index contributed by atoms with van der Waals surface area (Å²) >= 11 is 7.40. The average molecular weight is 344 g/mol. The minimum absolute atomic E-state index is 0.263. The predicted octanol–water partition coefficient (Wildman–Crippen LogP) is 4.79. The van der Waals surface area contributed by atoms with Crippen LogP contribution in [0.3, 0.4) is 0 Å². The number of aromatic nitrogens is 1. The van der Waals surface area contributed by atoms with Crippen molar-refractivity contribution in [2.24, 2.45) is 0 Å². The van der Waals surface area contributed by atoms with Crippen molar-refractivity contribution < 1.29 is 4.79 Å². The molecule has 1 heterocycles. The van der Waals surface area contributed by atoms with E-state index in [4.69, 9.17) is 11.6 Å². The lowest BCUT2D eigenvalue weighted by Gasteiger charge is -2.10. The molecule has 0 aliphatic heterocycles. The van der Waals surface area contributed by atoms with Crippen molar-refractivity contribution in [1.82, 2.24) is 10.3 Å². The van der Waals surface area contributed by atoms with Gasteiger partial charge in [0, 0.05) is 34.4 Å². The fourth-order valence-corrected chi connectivity index (χ4v) is 2.95. The second kappa shape index (κ2) is 7.26. The molecule has 0 atom stereocenters. The van der Waals surface area contributed by atoms with Crippen LogP contribution >= 0.6 is 22.9 Å². The van der Waals surface area contributed by atoms with Crippen LogP contribution in [0.1, 0.15) is 5.56 Å². The van der Waals surface area contributed by atoms with Gasteiger partial charge in [-0.2, -0.15) is 0 Å². The third-order valence-electron chi connectivity index (χ3n) is 3.22. The summed E-state index contributed by atoms with van der Waals surface area (Å²) in [4.78, 5) is 16.3. The van der Waals surface area contributed by atoms with Gasteiger partial charge < -0.3 is 10.6 Å². The van der Waals surface area contributed by atoms with Crippen molar-refractivity contribution >= 4 is 34.7 Å². The lowest BCUT2D eigenvalue weighted by molar-refractivity contribution is 0.252. The quantitative estimate of drug-likeness (QED) is 0.716. The second-order valence-electron chi connectivity index (χ2n) is 4.81. The van der Waals surface area contributed by atoms with Crippen LogP contribution in [0.4, 0.5) is 10.5 Å². The van der Waals surface area contributed by atoms with E-state index >= 15 is 0 Å². The molecule has 0 saturated carbocycles. The summed E-state index contributed by atoms with van der Waals surface area (Å²) < 4.78 is 0. The zero-order valence-corrected chi connectivity index (χ0v) is 13.7. The first kappa shape index (κ1) is 15.5. The van der Waals surface area contributed by atoms with Gasteiger partial charge >= 0.3 is 6.03 Å². The van der Waals surface area contributed by atoms with Crippen LogP contribution in [-0.2, 0) is 6.54 Å². The maximum atomic E-state index is 12.0. The van der Waals surface area contributed by atoms with E-state index in [1.807, 2.05) is 29.6 Å². The summed E-state index contributed by atoms with van der Waals surface area (Å²) in [7, 11) is 0. The molecule has 0 unspecified atom stereocenters. The van der Waals surface area contributed by atoms with Gasteiger partial charge in [-0.25, -0.2) is 9.78 Å². The van der Waals surface area contributed by atoms with Crippen molar-refractivity contribution in [2.45, 2.75) is 6.54 Å². The van der Waals surface area contributed by atoms with E-state index in [1.165, 1.54) is 0 Å². The van der Waals surface area contributed by atoms with Crippen LogP contribution in [0, 0.1) is 0 Å². The molecule has 0 fully saturated rings. The van der Waals surface area contributed by atoms with Crippen molar-refractivity contribution in [3.05, 3.63) is 70.7 Å². The molecule has 0 spiro atoms. The third-order valence-corrected chi connectivity index (χ3v) is 4.28. The average Bonchev–Trinajstić information content (AvgIpc) is 3.10. The Morgan fingerprint density at radius 2 is 1.91 bits per heavy atom. The molecule has 3 rings (SSSR count). The molecule has 0 aliphatic rings. The van der Waals surface area contributed by atoms with Crippen LogP contribution in [0.25, 0.3) is 10.6 Å². The van der Waals surface area contributed by atoms with Crippen molar-refractivity contribution in [1.29, 1.82) is 0 Å². The molecule has 2 N–H and O–H groups in total. The van der Waals surface area contributed by atoms with E-state index in [9.17, 15) is 4.79 Å². The highest BCUT2D eigenvalue weighted by molar-refractivity contribution is 7.13. The maximum Gasteiger partial charge on any atom is 0.319 e. The highest BCUT2D eigenvalue weighted by Crippen LogP contribution is 2.25. The minimum Gasteiger partial charge on any atom is -0.334 e. The second-order valence-corrected chi connectivity index (χ2v) is 6.14. The number of halogens is 1. The van der Waals surface area contributed by atoms with E-state index in [0.717, 1.165) is 16.1 Å². The summed E-state index contributed by atoms with van der Waals surface area (Å²) in [5.74, 6) is 0. The van der Waals surface area contributed by atoms with Crippen LogP contribution < -0.4 is 10.6 Å². The molecular formula is C17H14ClN3OS. The Bertz CT molecular complexity index is 788. The Morgan fingerprint density at radius 3 is 2.65 bits per heavy atom. The number of nitrogens with zero attached hydrogens (tertiary/aromatic N) is 1. The van der Waals surface area contributed by atoms with E-state index in [1.54, 1.807) is 41.8 Å². The Balaban J connectivity index is 1.64. The Hall–Kier alpha value is -2.37. The Labute approximate surface area is 143 Å². The zero-order valence-electron chi connectivity index (χ0n) is 12.1. The van der Waals surface area contributed by atoms with Crippen LogP contribution in [0.2, 0.25) is 5.02 Å². The molecule has 1 aromatic heterocycles. The predicted molar refractivity (Wildman–Crippen MR) is 94.9 cm³/mol. The van der Waals surface area contributed by atoms with Gasteiger partial charge in [-0.1, -0.05) is 35.9 Å². The third kappa shape index (κ3) is 4.09. The first-order valence-electron chi connectivity index (χ1n) is 7.00. The molecule has 0 saturated heterocycles. The number of carbonyl (C=O) groups is 1. The van der Waals surface area contributed by atoms with Gasteiger partial charge in [-0.15, -0.1) is 11.3 Å². The van der Waals surface area contributed by atoms with Crippen molar-refractivity contribution in [2.75, 3.05) is 5.32 Å². The fourth-order valence-electron chi connectivity index (χ4n) is 2.12. The monoisotopic (exact) mass is 343 g/mol. The molecule has 3 aromatic rings. The summed E-state index contributed by atoms with van der Waals surface area (Å²) in [6.45, 7) is 0.426. The van der Waals surface area contributed by atoms with Crippen LogP contribution in [-0.4, -0.2) is 11.0 Å². The lowest BCUT2D eigenvalue weighted by Crippen LogP contribution is -2.28. The summed E-state index contributed by atoms with van der Waals surface area (Å²) in [5.41, 5.74) is 2.75. The van der Waals surface area contributed by atoms with E-state index in [2.05, 4.69) is 15.6 Å². The minimum atomic E-state index is -0.263. The SMILES string of the molecule is O=C(NCc1ccccc1-c1nccs1)Nc1ccc(Cl)cc1. The topological polar surface area (TPSA) is 54.0 Å². The van der Waals surface area contributed by atoms with Crippen LogP contribution in [0.5, 0.6) is 0 Å². The molecule has 0 bridgehead atoms.